The molecule has 23 heavy (non-hydrogen) atoms. The number of ketones is 2. The van der Waals surface area contributed by atoms with E-state index in [0.717, 1.165) is 13.1 Å². The van der Waals surface area contributed by atoms with Crippen LogP contribution in [0, 0.1) is 0 Å². The molecule has 0 atom stereocenters. The SMILES string of the molecule is O=C1c2cc3c(cc2C(=O)c2ncccc21)CN(C1CCC1)C3. The van der Waals surface area contributed by atoms with E-state index in [2.05, 4.69) is 9.88 Å². The normalized spacial score (nSPS) is 20.0. The molecule has 2 aromatic rings. The zero-order valence-corrected chi connectivity index (χ0v) is 12.7. The smallest absolute Gasteiger partial charge is 0.212 e. The second kappa shape index (κ2) is 4.59. The third kappa shape index (κ3) is 1.78. The minimum atomic E-state index is -0.125. The Morgan fingerprint density at radius 2 is 1.65 bits per heavy atom. The molecule has 0 bridgehead atoms. The Balaban J connectivity index is 1.60. The lowest BCUT2D eigenvalue weighted by molar-refractivity contribution is 0.0975. The van der Waals surface area contributed by atoms with Crippen molar-refractivity contribution in [2.75, 3.05) is 0 Å². The number of pyridine rings is 1. The van der Waals surface area contributed by atoms with Crippen molar-refractivity contribution in [3.05, 3.63) is 64.0 Å². The monoisotopic (exact) mass is 304 g/mol. The number of hydrogen-bond acceptors (Lipinski definition) is 4. The first-order valence-electron chi connectivity index (χ1n) is 8.16. The summed E-state index contributed by atoms with van der Waals surface area (Å²) in [6.45, 7) is 1.79. The molecule has 1 saturated carbocycles. The van der Waals surface area contributed by atoms with Gasteiger partial charge < -0.3 is 0 Å². The lowest BCUT2D eigenvalue weighted by Gasteiger charge is -2.34. The van der Waals surface area contributed by atoms with Crippen molar-refractivity contribution in [3.8, 4) is 0 Å². The zero-order valence-electron chi connectivity index (χ0n) is 12.7. The second-order valence-electron chi connectivity index (χ2n) is 6.71. The molecular weight excluding hydrogens is 288 g/mol. The fourth-order valence-corrected chi connectivity index (χ4v) is 3.91. The number of aromatic nitrogens is 1. The first kappa shape index (κ1) is 13.1. The van der Waals surface area contributed by atoms with Crippen molar-refractivity contribution >= 4 is 11.6 Å². The van der Waals surface area contributed by atoms with E-state index in [1.165, 1.54) is 30.4 Å². The fraction of sp³-hybridized carbons (Fsp3) is 0.316. The largest absolute Gasteiger partial charge is 0.292 e. The maximum absolute atomic E-state index is 12.7. The first-order chi connectivity index (χ1) is 11.2. The standard InChI is InChI=1S/C19H16N2O2/c22-18-14-5-2-6-20-17(14)19(23)16-8-12-10-21(13-3-1-4-13)9-11(12)7-15(16)18/h2,5-8,13H,1,3-4,9-10H2. The van der Waals surface area contributed by atoms with Gasteiger partial charge in [-0.05, 0) is 48.2 Å². The van der Waals surface area contributed by atoms with E-state index in [1.54, 1.807) is 18.3 Å². The van der Waals surface area contributed by atoms with E-state index in [-0.39, 0.29) is 11.6 Å². The number of nitrogens with zero attached hydrogens (tertiary/aromatic N) is 2. The van der Waals surface area contributed by atoms with Crippen LogP contribution in [-0.4, -0.2) is 27.5 Å². The first-order valence-corrected chi connectivity index (χ1v) is 8.16. The highest BCUT2D eigenvalue weighted by Crippen LogP contribution is 2.36. The fourth-order valence-electron chi connectivity index (χ4n) is 3.91. The van der Waals surface area contributed by atoms with Crippen molar-refractivity contribution in [1.29, 1.82) is 0 Å². The Morgan fingerprint density at radius 3 is 2.30 bits per heavy atom. The molecular formula is C19H16N2O2. The van der Waals surface area contributed by atoms with Crippen LogP contribution in [0.25, 0.3) is 0 Å². The van der Waals surface area contributed by atoms with Crippen molar-refractivity contribution < 1.29 is 9.59 Å². The van der Waals surface area contributed by atoms with Crippen molar-refractivity contribution in [2.24, 2.45) is 0 Å². The highest BCUT2D eigenvalue weighted by atomic mass is 16.1. The molecule has 5 rings (SSSR count). The van der Waals surface area contributed by atoms with Crippen molar-refractivity contribution in [3.63, 3.8) is 0 Å². The second-order valence-corrected chi connectivity index (χ2v) is 6.71. The summed E-state index contributed by atoms with van der Waals surface area (Å²) in [5.74, 6) is -0.201. The average molecular weight is 304 g/mol. The third-order valence-corrected chi connectivity index (χ3v) is 5.43. The molecule has 1 aromatic carbocycles. The number of rotatable bonds is 1. The average Bonchev–Trinajstić information content (AvgIpc) is 2.91. The summed E-state index contributed by atoms with van der Waals surface area (Å²) in [4.78, 5) is 32.0. The van der Waals surface area contributed by atoms with Crippen LogP contribution in [0.5, 0.6) is 0 Å². The summed E-state index contributed by atoms with van der Waals surface area (Å²) >= 11 is 0. The maximum atomic E-state index is 12.7. The molecule has 3 aliphatic rings. The third-order valence-electron chi connectivity index (χ3n) is 5.43. The number of hydrogen-bond donors (Lipinski definition) is 0. The summed E-state index contributed by atoms with van der Waals surface area (Å²) in [5, 5.41) is 0. The minimum absolute atomic E-state index is 0.0763. The van der Waals surface area contributed by atoms with Gasteiger partial charge in [0.25, 0.3) is 0 Å². The van der Waals surface area contributed by atoms with Gasteiger partial charge in [0, 0.05) is 36.5 Å². The van der Waals surface area contributed by atoms with Gasteiger partial charge >= 0.3 is 0 Å². The summed E-state index contributed by atoms with van der Waals surface area (Å²) in [7, 11) is 0. The van der Waals surface area contributed by atoms with Crippen LogP contribution in [0.3, 0.4) is 0 Å². The van der Waals surface area contributed by atoms with Crippen LogP contribution < -0.4 is 0 Å². The van der Waals surface area contributed by atoms with Gasteiger partial charge in [-0.25, -0.2) is 0 Å². The van der Waals surface area contributed by atoms with E-state index in [4.69, 9.17) is 0 Å². The van der Waals surface area contributed by atoms with Gasteiger partial charge in [0.05, 0.1) is 5.56 Å². The van der Waals surface area contributed by atoms with Gasteiger partial charge in [0.2, 0.25) is 5.78 Å². The van der Waals surface area contributed by atoms with Crippen molar-refractivity contribution in [2.45, 2.75) is 38.4 Å². The van der Waals surface area contributed by atoms with Crippen LogP contribution in [0.15, 0.2) is 30.5 Å². The number of carbonyl (C=O) groups is 2. The highest BCUT2D eigenvalue weighted by Gasteiger charge is 2.35. The molecule has 0 radical (unpaired) electrons. The molecule has 0 unspecified atom stereocenters. The lowest BCUT2D eigenvalue weighted by Crippen LogP contribution is -2.36. The van der Waals surface area contributed by atoms with Gasteiger partial charge in [-0.1, -0.05) is 6.42 Å². The zero-order chi connectivity index (χ0) is 15.6. The van der Waals surface area contributed by atoms with Crippen molar-refractivity contribution in [1.82, 2.24) is 9.88 Å². The Hall–Kier alpha value is -2.33. The quantitative estimate of drug-likeness (QED) is 0.693. The molecule has 4 heteroatoms. The van der Waals surface area contributed by atoms with Gasteiger partial charge in [0.1, 0.15) is 5.69 Å². The van der Waals surface area contributed by atoms with E-state index < -0.39 is 0 Å². The summed E-state index contributed by atoms with van der Waals surface area (Å²) in [6.07, 6.45) is 5.41. The summed E-state index contributed by atoms with van der Waals surface area (Å²) in [5.41, 5.74) is 4.18. The van der Waals surface area contributed by atoms with Gasteiger partial charge in [-0.15, -0.1) is 0 Å². The Bertz CT molecular complexity index is 804. The molecule has 0 saturated heterocycles. The van der Waals surface area contributed by atoms with Gasteiger partial charge in [-0.2, -0.15) is 0 Å². The molecule has 114 valence electrons. The molecule has 0 N–H and O–H groups in total. The Kier molecular flexibility index (Phi) is 2.62. The number of fused-ring (bicyclic) bond motifs is 3. The maximum Gasteiger partial charge on any atom is 0.212 e. The molecule has 2 aliphatic carbocycles. The Labute approximate surface area is 134 Å². The van der Waals surface area contributed by atoms with E-state index >= 15 is 0 Å². The van der Waals surface area contributed by atoms with Gasteiger partial charge in [-0.3, -0.25) is 19.5 Å². The molecule has 4 nitrogen and oxygen atoms in total. The molecule has 1 aliphatic heterocycles. The van der Waals surface area contributed by atoms with Gasteiger partial charge in [0.15, 0.2) is 5.78 Å². The van der Waals surface area contributed by atoms with Crippen LogP contribution in [0.1, 0.15) is 62.4 Å². The van der Waals surface area contributed by atoms with Crippen LogP contribution in [0.4, 0.5) is 0 Å². The van der Waals surface area contributed by atoms with E-state index in [0.29, 0.717) is 28.4 Å². The van der Waals surface area contributed by atoms with E-state index in [9.17, 15) is 9.59 Å². The molecule has 1 fully saturated rings. The summed E-state index contributed by atoms with van der Waals surface area (Å²) < 4.78 is 0. The minimum Gasteiger partial charge on any atom is -0.292 e. The van der Waals surface area contributed by atoms with E-state index in [1.807, 2.05) is 12.1 Å². The molecule has 0 spiro atoms. The van der Waals surface area contributed by atoms with Crippen LogP contribution in [-0.2, 0) is 13.1 Å². The Morgan fingerprint density at radius 1 is 0.957 bits per heavy atom. The number of benzene rings is 1. The highest BCUT2D eigenvalue weighted by molar-refractivity contribution is 6.27. The topological polar surface area (TPSA) is 50.3 Å². The van der Waals surface area contributed by atoms with Crippen LogP contribution >= 0.6 is 0 Å². The molecule has 2 heterocycles. The predicted octanol–water partition coefficient (Wildman–Crippen LogP) is 2.73. The number of carbonyl (C=O) groups excluding carboxylic acids is 2. The lowest BCUT2D eigenvalue weighted by atomic mass is 9.85. The summed E-state index contributed by atoms with van der Waals surface area (Å²) in [6, 6.07) is 7.95. The molecule has 1 aromatic heterocycles. The molecule has 0 amide bonds. The van der Waals surface area contributed by atoms with Crippen LogP contribution in [0.2, 0.25) is 0 Å². The predicted molar refractivity (Wildman–Crippen MR) is 84.4 cm³/mol.